The van der Waals surface area contributed by atoms with E-state index in [0.29, 0.717) is 16.5 Å². The van der Waals surface area contributed by atoms with Crippen LogP contribution in [0.5, 0.6) is 11.5 Å². The number of ether oxygens (including phenoxy) is 1. The van der Waals surface area contributed by atoms with Gasteiger partial charge >= 0.3 is 0 Å². The molecule has 0 aliphatic carbocycles. The lowest BCUT2D eigenvalue weighted by Crippen LogP contribution is -1.93. The van der Waals surface area contributed by atoms with E-state index in [4.69, 9.17) is 32.8 Å². The molecule has 0 saturated carbocycles. The highest BCUT2D eigenvalue weighted by atomic mass is 35.7. The standard InChI is InChI=1S/C13H11Cl2NOS.C2H6/c1-8-6-9(14)2-5-12(8)17-13-7-10(18-15)3-4-11(13)16;1-2/h2-7H,16H2,1H3;1-2H3. The van der Waals surface area contributed by atoms with Crippen LogP contribution in [0.15, 0.2) is 41.3 Å². The van der Waals surface area contributed by atoms with Crippen molar-refractivity contribution in [2.45, 2.75) is 25.7 Å². The molecule has 2 aromatic rings. The molecule has 0 aliphatic heterocycles. The normalized spacial score (nSPS) is 9.65. The number of nitrogen functional groups attached to an aromatic ring is 1. The number of benzene rings is 2. The Kier molecular flexibility index (Phi) is 7.06. The summed E-state index contributed by atoms with van der Waals surface area (Å²) in [7, 11) is 6.83. The van der Waals surface area contributed by atoms with Gasteiger partial charge in [0.25, 0.3) is 0 Å². The molecule has 0 saturated heterocycles. The van der Waals surface area contributed by atoms with E-state index < -0.39 is 0 Å². The molecule has 0 spiro atoms. The van der Waals surface area contributed by atoms with Crippen molar-refractivity contribution in [1.29, 1.82) is 0 Å². The van der Waals surface area contributed by atoms with Crippen molar-refractivity contribution in [3.63, 3.8) is 0 Å². The molecule has 108 valence electrons. The number of hydrogen-bond donors (Lipinski definition) is 1. The van der Waals surface area contributed by atoms with Gasteiger partial charge in [0.15, 0.2) is 5.75 Å². The first-order chi connectivity index (χ1) is 9.60. The average molecular weight is 330 g/mol. The number of halogens is 2. The molecular weight excluding hydrogens is 313 g/mol. The summed E-state index contributed by atoms with van der Waals surface area (Å²) in [6.45, 7) is 5.93. The fraction of sp³-hybridized carbons (Fsp3) is 0.200. The fourth-order valence-electron chi connectivity index (χ4n) is 1.50. The van der Waals surface area contributed by atoms with Crippen LogP contribution in [0.4, 0.5) is 5.69 Å². The maximum Gasteiger partial charge on any atom is 0.151 e. The maximum absolute atomic E-state index is 5.90. The van der Waals surface area contributed by atoms with Crippen molar-refractivity contribution < 1.29 is 4.74 Å². The third kappa shape index (κ3) is 4.51. The maximum atomic E-state index is 5.90. The van der Waals surface area contributed by atoms with Crippen LogP contribution in [-0.2, 0) is 0 Å². The Hall–Kier alpha value is -1.03. The molecule has 0 aliphatic rings. The van der Waals surface area contributed by atoms with Gasteiger partial charge in [0.05, 0.1) is 5.69 Å². The number of anilines is 1. The van der Waals surface area contributed by atoms with Gasteiger partial charge in [-0.2, -0.15) is 0 Å². The van der Waals surface area contributed by atoms with Crippen LogP contribution in [0.25, 0.3) is 0 Å². The number of aryl methyl sites for hydroxylation is 1. The summed E-state index contributed by atoms with van der Waals surface area (Å²) < 4.78 is 5.78. The third-order valence-electron chi connectivity index (χ3n) is 2.43. The largest absolute Gasteiger partial charge is 0.455 e. The summed E-state index contributed by atoms with van der Waals surface area (Å²) in [5.74, 6) is 1.31. The summed E-state index contributed by atoms with van der Waals surface area (Å²) in [4.78, 5) is 0.882. The highest BCUT2D eigenvalue weighted by Gasteiger charge is 2.06. The van der Waals surface area contributed by atoms with Crippen LogP contribution >= 0.6 is 33.3 Å². The quantitative estimate of drug-likeness (QED) is 0.671. The van der Waals surface area contributed by atoms with Crippen molar-refractivity contribution in [1.82, 2.24) is 0 Å². The topological polar surface area (TPSA) is 35.2 Å². The van der Waals surface area contributed by atoms with Crippen LogP contribution < -0.4 is 10.5 Å². The first-order valence-corrected chi connectivity index (χ1v) is 8.24. The summed E-state index contributed by atoms with van der Waals surface area (Å²) in [5.41, 5.74) is 7.39. The summed E-state index contributed by atoms with van der Waals surface area (Å²) in [6, 6.07) is 10.9. The Morgan fingerprint density at radius 1 is 1.05 bits per heavy atom. The Morgan fingerprint density at radius 3 is 2.35 bits per heavy atom. The minimum Gasteiger partial charge on any atom is -0.455 e. The Balaban J connectivity index is 0.000000956. The zero-order valence-corrected chi connectivity index (χ0v) is 13.9. The molecule has 0 bridgehead atoms. The molecule has 0 unspecified atom stereocenters. The third-order valence-corrected chi connectivity index (χ3v) is 3.63. The van der Waals surface area contributed by atoms with E-state index in [1.54, 1.807) is 18.2 Å². The lowest BCUT2D eigenvalue weighted by molar-refractivity contribution is 0.480. The van der Waals surface area contributed by atoms with Gasteiger partial charge < -0.3 is 10.5 Å². The molecule has 2 rings (SSSR count). The summed E-state index contributed by atoms with van der Waals surface area (Å²) in [5, 5.41) is 0.679. The van der Waals surface area contributed by atoms with Gasteiger partial charge in [-0.1, -0.05) is 25.4 Å². The highest BCUT2D eigenvalue weighted by molar-refractivity contribution is 8.21. The van der Waals surface area contributed by atoms with Gasteiger partial charge in [0.1, 0.15) is 5.75 Å². The zero-order chi connectivity index (χ0) is 15.1. The van der Waals surface area contributed by atoms with Gasteiger partial charge in [0.2, 0.25) is 0 Å². The molecule has 2 nitrogen and oxygen atoms in total. The average Bonchev–Trinajstić information content (AvgIpc) is 2.46. The molecule has 0 radical (unpaired) electrons. The smallest absolute Gasteiger partial charge is 0.151 e. The summed E-state index contributed by atoms with van der Waals surface area (Å²) in [6.07, 6.45) is 0. The van der Waals surface area contributed by atoms with Crippen molar-refractivity contribution in [2.24, 2.45) is 0 Å². The van der Waals surface area contributed by atoms with Crippen LogP contribution in [0.3, 0.4) is 0 Å². The van der Waals surface area contributed by atoms with Gasteiger partial charge in [0, 0.05) is 9.92 Å². The van der Waals surface area contributed by atoms with Crippen LogP contribution in [0.2, 0.25) is 5.02 Å². The highest BCUT2D eigenvalue weighted by Crippen LogP contribution is 2.34. The Bertz CT molecular complexity index is 576. The second-order valence-corrected chi connectivity index (χ2v) is 5.31. The van der Waals surface area contributed by atoms with Gasteiger partial charge in [-0.05, 0) is 70.5 Å². The molecule has 5 heteroatoms. The van der Waals surface area contributed by atoms with Crippen LogP contribution in [0, 0.1) is 6.92 Å². The van der Waals surface area contributed by atoms with E-state index in [2.05, 4.69) is 0 Å². The number of hydrogen-bond acceptors (Lipinski definition) is 3. The van der Waals surface area contributed by atoms with Gasteiger partial charge in [-0.3, -0.25) is 0 Å². The van der Waals surface area contributed by atoms with E-state index in [1.807, 2.05) is 39.0 Å². The minimum atomic E-state index is 0.568. The second kappa shape index (κ2) is 8.30. The zero-order valence-electron chi connectivity index (χ0n) is 11.6. The van der Waals surface area contributed by atoms with E-state index in [9.17, 15) is 0 Å². The SMILES string of the molecule is CC.Cc1cc(Cl)ccc1Oc1cc(SCl)ccc1N. The van der Waals surface area contributed by atoms with Crippen LogP contribution in [-0.4, -0.2) is 0 Å². The van der Waals surface area contributed by atoms with Gasteiger partial charge in [-0.15, -0.1) is 0 Å². The van der Waals surface area contributed by atoms with Gasteiger partial charge in [-0.25, -0.2) is 0 Å². The second-order valence-electron chi connectivity index (χ2n) is 3.79. The van der Waals surface area contributed by atoms with E-state index in [1.165, 1.54) is 0 Å². The van der Waals surface area contributed by atoms with Crippen LogP contribution in [0.1, 0.15) is 19.4 Å². The van der Waals surface area contributed by atoms with Crippen molar-refractivity contribution in [2.75, 3.05) is 5.73 Å². The Morgan fingerprint density at radius 2 is 1.75 bits per heavy atom. The Labute approximate surface area is 133 Å². The molecule has 0 aromatic heterocycles. The number of rotatable bonds is 3. The van der Waals surface area contributed by atoms with Crippen molar-refractivity contribution >= 4 is 38.9 Å². The predicted octanol–water partition coefficient (Wildman–Crippen LogP) is 6.30. The lowest BCUT2D eigenvalue weighted by Gasteiger charge is -2.11. The first-order valence-electron chi connectivity index (χ1n) is 6.22. The molecule has 0 amide bonds. The van der Waals surface area contributed by atoms with E-state index >= 15 is 0 Å². The van der Waals surface area contributed by atoms with E-state index in [-0.39, 0.29) is 0 Å². The lowest BCUT2D eigenvalue weighted by atomic mass is 10.2. The fourth-order valence-corrected chi connectivity index (χ4v) is 2.28. The summed E-state index contributed by atoms with van der Waals surface area (Å²) >= 11 is 5.90. The minimum absolute atomic E-state index is 0.568. The molecule has 0 heterocycles. The monoisotopic (exact) mass is 329 g/mol. The first kappa shape index (κ1) is 17.0. The molecule has 2 N–H and O–H groups in total. The van der Waals surface area contributed by atoms with Crippen molar-refractivity contribution in [3.05, 3.63) is 47.0 Å². The molecular formula is C15H17Cl2NOS. The molecule has 20 heavy (non-hydrogen) atoms. The molecule has 0 atom stereocenters. The predicted molar refractivity (Wildman–Crippen MR) is 90.2 cm³/mol. The molecule has 2 aromatic carbocycles. The molecule has 0 fully saturated rings. The number of nitrogens with two attached hydrogens (primary N) is 1. The van der Waals surface area contributed by atoms with E-state index in [0.717, 1.165) is 27.2 Å². The van der Waals surface area contributed by atoms with Crippen molar-refractivity contribution in [3.8, 4) is 11.5 Å².